The fourth-order valence-electron chi connectivity index (χ4n) is 3.59. The molecule has 4 rings (SSSR count). The summed E-state index contributed by atoms with van der Waals surface area (Å²) >= 11 is 4.55. The van der Waals surface area contributed by atoms with Crippen LogP contribution in [0.4, 0.5) is 10.1 Å². The molecule has 37 heavy (non-hydrogen) atoms. The first kappa shape index (κ1) is 26.2. The summed E-state index contributed by atoms with van der Waals surface area (Å²) in [6.07, 6.45) is 0. The molecule has 0 amide bonds. The smallest absolute Gasteiger partial charge is 0.269 e. The molecule has 0 spiro atoms. The number of aromatic nitrogens is 3. The van der Waals surface area contributed by atoms with Crippen molar-refractivity contribution in [3.63, 3.8) is 0 Å². The minimum Gasteiger partial charge on any atom is -0.489 e. The maximum atomic E-state index is 13.5. The van der Waals surface area contributed by atoms with Crippen molar-refractivity contribution in [2.45, 2.75) is 23.9 Å². The Morgan fingerprint density at radius 2 is 1.84 bits per heavy atom. The van der Waals surface area contributed by atoms with Crippen LogP contribution in [0.5, 0.6) is 5.75 Å². The van der Waals surface area contributed by atoms with E-state index in [0.717, 1.165) is 11.8 Å². The first-order valence-corrected chi connectivity index (χ1v) is 12.5. The van der Waals surface area contributed by atoms with E-state index in [4.69, 9.17) is 4.74 Å². The van der Waals surface area contributed by atoms with Crippen LogP contribution < -0.4 is 4.74 Å². The van der Waals surface area contributed by atoms with E-state index in [-0.39, 0.29) is 12.3 Å². The molecule has 0 fully saturated rings. The van der Waals surface area contributed by atoms with Crippen molar-refractivity contribution in [3.8, 4) is 11.4 Å². The fraction of sp³-hybridized carbons (Fsp3) is 0.167. The zero-order chi connectivity index (χ0) is 26.5. The number of nitro groups is 2. The van der Waals surface area contributed by atoms with E-state index < -0.39 is 27.5 Å². The zero-order valence-corrected chi connectivity index (χ0v) is 21.7. The number of nitro benzene ring substituents is 1. The van der Waals surface area contributed by atoms with Crippen LogP contribution in [0.3, 0.4) is 0 Å². The fourth-order valence-corrected chi connectivity index (χ4v) is 5.16. The molecule has 13 heteroatoms. The highest BCUT2D eigenvalue weighted by molar-refractivity contribution is 9.10. The van der Waals surface area contributed by atoms with Crippen LogP contribution in [-0.4, -0.2) is 31.2 Å². The Morgan fingerprint density at radius 1 is 1.08 bits per heavy atom. The van der Waals surface area contributed by atoms with E-state index in [9.17, 15) is 24.6 Å². The molecule has 0 N–H and O–H groups in total. The molecule has 0 saturated carbocycles. The normalized spacial score (nSPS) is 11.8. The second-order valence-electron chi connectivity index (χ2n) is 7.86. The van der Waals surface area contributed by atoms with Crippen LogP contribution in [0, 0.1) is 33.0 Å². The highest BCUT2D eigenvalue weighted by Gasteiger charge is 2.27. The maximum Gasteiger partial charge on any atom is 0.269 e. The predicted octanol–water partition coefficient (Wildman–Crippen LogP) is 6.07. The van der Waals surface area contributed by atoms with Gasteiger partial charge in [0.1, 0.15) is 29.2 Å². The lowest BCUT2D eigenvalue weighted by Crippen LogP contribution is -2.13. The summed E-state index contributed by atoms with van der Waals surface area (Å²) < 4.78 is 21.8. The molecule has 190 valence electrons. The van der Waals surface area contributed by atoms with Gasteiger partial charge in [0.2, 0.25) is 6.54 Å². The van der Waals surface area contributed by atoms with Crippen molar-refractivity contribution in [3.05, 3.63) is 114 Å². The Labute approximate surface area is 222 Å². The Bertz CT molecular complexity index is 1450. The number of hydrogen-bond donors (Lipinski definition) is 0. The Kier molecular flexibility index (Phi) is 8.14. The molecule has 3 aromatic carbocycles. The first-order chi connectivity index (χ1) is 17.7. The maximum absolute atomic E-state index is 13.5. The molecular formula is C24H19BrFN5O5S. The van der Waals surface area contributed by atoms with Crippen LogP contribution in [0.25, 0.3) is 5.69 Å². The van der Waals surface area contributed by atoms with Gasteiger partial charge in [-0.15, -0.1) is 10.2 Å². The van der Waals surface area contributed by atoms with Gasteiger partial charge in [-0.05, 0) is 55.0 Å². The summed E-state index contributed by atoms with van der Waals surface area (Å²) in [6, 6.07) is 17.0. The van der Waals surface area contributed by atoms with Gasteiger partial charge in [0.25, 0.3) is 5.69 Å². The number of hydrogen-bond acceptors (Lipinski definition) is 8. The van der Waals surface area contributed by atoms with Gasteiger partial charge in [0.15, 0.2) is 5.16 Å². The molecule has 10 nitrogen and oxygen atoms in total. The minimum absolute atomic E-state index is 0.0248. The van der Waals surface area contributed by atoms with Gasteiger partial charge in [-0.1, -0.05) is 39.8 Å². The van der Waals surface area contributed by atoms with Gasteiger partial charge in [-0.3, -0.25) is 24.8 Å². The van der Waals surface area contributed by atoms with Crippen molar-refractivity contribution in [2.24, 2.45) is 0 Å². The van der Waals surface area contributed by atoms with Gasteiger partial charge < -0.3 is 4.74 Å². The molecule has 0 aliphatic rings. The molecule has 0 aliphatic heterocycles. The van der Waals surface area contributed by atoms with Gasteiger partial charge in [-0.2, -0.15) is 0 Å². The molecule has 1 atom stereocenters. The summed E-state index contributed by atoms with van der Waals surface area (Å²) in [6.45, 7) is 1.32. The number of non-ortho nitro benzene ring substituents is 1. The van der Waals surface area contributed by atoms with Crippen LogP contribution in [0.2, 0.25) is 0 Å². The third-order valence-corrected chi connectivity index (χ3v) is 6.93. The van der Waals surface area contributed by atoms with Crippen LogP contribution in [0.15, 0.2) is 76.4 Å². The molecule has 0 radical (unpaired) electrons. The molecular weight excluding hydrogens is 569 g/mol. The van der Waals surface area contributed by atoms with Gasteiger partial charge in [0, 0.05) is 32.8 Å². The number of nitrogens with zero attached hydrogens (tertiary/aromatic N) is 5. The van der Waals surface area contributed by atoms with E-state index >= 15 is 0 Å². The van der Waals surface area contributed by atoms with Crippen LogP contribution in [-0.2, 0) is 6.61 Å². The molecule has 4 aromatic rings. The number of thioether (sulfide) groups is 1. The van der Waals surface area contributed by atoms with Gasteiger partial charge in [0.05, 0.1) is 4.92 Å². The standard InChI is InChI=1S/C24H19BrFN5O5S/c1-15-27-28-24(30(15)19-8-6-18(26)7-9-19)37-23(13-29(32)33)21-12-17(25)5-10-22(21)36-14-16-3-2-4-20(11-16)31(34)35/h2-12,23H,13-14H2,1H3/t23-/m0/s1. The molecule has 0 bridgehead atoms. The minimum atomic E-state index is -0.726. The topological polar surface area (TPSA) is 126 Å². The van der Waals surface area contributed by atoms with Crippen LogP contribution >= 0.6 is 27.7 Å². The largest absolute Gasteiger partial charge is 0.489 e. The summed E-state index contributed by atoms with van der Waals surface area (Å²) in [7, 11) is 0. The number of ether oxygens (including phenoxy) is 1. The zero-order valence-electron chi connectivity index (χ0n) is 19.3. The molecule has 1 heterocycles. The molecule has 0 unspecified atom stereocenters. The average Bonchev–Trinajstić information content (AvgIpc) is 3.23. The van der Waals surface area contributed by atoms with Crippen molar-refractivity contribution < 1.29 is 19.0 Å². The van der Waals surface area contributed by atoms with Crippen LogP contribution in [0.1, 0.15) is 22.2 Å². The molecule has 0 saturated heterocycles. The number of aryl methyl sites for hydroxylation is 1. The van der Waals surface area contributed by atoms with E-state index in [0.29, 0.717) is 38.0 Å². The van der Waals surface area contributed by atoms with Crippen molar-refractivity contribution in [1.29, 1.82) is 0 Å². The lowest BCUT2D eigenvalue weighted by molar-refractivity contribution is -0.479. The first-order valence-electron chi connectivity index (χ1n) is 10.8. The van der Waals surface area contributed by atoms with Crippen molar-refractivity contribution >= 4 is 33.4 Å². The second-order valence-corrected chi connectivity index (χ2v) is 9.95. The SMILES string of the molecule is Cc1nnc(S[C@@H](C[N+](=O)[O-])c2cc(Br)ccc2OCc2cccc([N+](=O)[O-])c2)n1-c1ccc(F)cc1. The highest BCUT2D eigenvalue weighted by atomic mass is 79.9. The number of benzene rings is 3. The Hall–Kier alpha value is -3.84. The van der Waals surface area contributed by atoms with E-state index in [1.807, 2.05) is 0 Å². The van der Waals surface area contributed by atoms with E-state index in [2.05, 4.69) is 26.1 Å². The average molecular weight is 588 g/mol. The highest BCUT2D eigenvalue weighted by Crippen LogP contribution is 2.41. The van der Waals surface area contributed by atoms with E-state index in [1.54, 1.807) is 54.0 Å². The van der Waals surface area contributed by atoms with Crippen molar-refractivity contribution in [1.82, 2.24) is 14.8 Å². The number of halogens is 2. The quantitative estimate of drug-likeness (QED) is 0.124. The lowest BCUT2D eigenvalue weighted by atomic mass is 10.1. The van der Waals surface area contributed by atoms with Gasteiger partial charge in [-0.25, -0.2) is 4.39 Å². The monoisotopic (exact) mass is 587 g/mol. The van der Waals surface area contributed by atoms with E-state index in [1.165, 1.54) is 24.3 Å². The summed E-state index contributed by atoms with van der Waals surface area (Å²) in [4.78, 5) is 21.8. The predicted molar refractivity (Wildman–Crippen MR) is 138 cm³/mol. The lowest BCUT2D eigenvalue weighted by Gasteiger charge is -2.18. The Morgan fingerprint density at radius 3 is 2.54 bits per heavy atom. The Balaban J connectivity index is 1.67. The summed E-state index contributed by atoms with van der Waals surface area (Å²) in [5.74, 6) is 0.526. The van der Waals surface area contributed by atoms with Gasteiger partial charge >= 0.3 is 0 Å². The third kappa shape index (κ3) is 6.49. The molecule has 0 aliphatic carbocycles. The molecule has 1 aromatic heterocycles. The summed E-state index contributed by atoms with van der Waals surface area (Å²) in [5.41, 5.74) is 1.66. The van der Waals surface area contributed by atoms with Crippen molar-refractivity contribution in [2.75, 3.05) is 6.54 Å². The second kappa shape index (κ2) is 11.5. The number of rotatable bonds is 10. The third-order valence-electron chi connectivity index (χ3n) is 5.28. The summed E-state index contributed by atoms with van der Waals surface area (Å²) in [5, 5.41) is 30.7.